The zero-order valence-corrected chi connectivity index (χ0v) is 28.4. The standard InChI is InChI=1S/C37H55N3O7/c1-5-24(4)34(40-36(46)30(21-25-11-7-6-8-12-25)38-32(42)17-18-33(43)44)37(47)39-29(35(45)31(41)19-23(2)3)22-26-15-16-27-13-9-10-14-28(27)20-26/h9-10,13-16,20,23-25,29-31,34-35,41,45H,5-8,11-12,17-19,21-22H2,1-4H3,(H,38,42)(H,39,47)(H,40,46)(H,43,44)/t24?,29-,30-,31-,34-,35+/m0/s1. The number of rotatable bonds is 18. The van der Waals surface area contributed by atoms with Crippen molar-refractivity contribution in [1.29, 1.82) is 0 Å². The minimum Gasteiger partial charge on any atom is -0.481 e. The molecule has 47 heavy (non-hydrogen) atoms. The average Bonchev–Trinajstić information content (AvgIpc) is 3.04. The lowest BCUT2D eigenvalue weighted by Crippen LogP contribution is -2.59. The minimum absolute atomic E-state index is 0.121. The predicted octanol–water partition coefficient (Wildman–Crippen LogP) is 4.49. The number of nitrogens with one attached hydrogen (secondary N) is 3. The van der Waals surface area contributed by atoms with Crippen molar-refractivity contribution in [3.63, 3.8) is 0 Å². The molecule has 2 aromatic carbocycles. The van der Waals surface area contributed by atoms with Crippen LogP contribution in [0, 0.1) is 17.8 Å². The lowest BCUT2D eigenvalue weighted by Gasteiger charge is -2.33. The molecule has 0 aromatic heterocycles. The Labute approximate surface area is 279 Å². The number of hydrogen-bond acceptors (Lipinski definition) is 6. The number of amides is 3. The van der Waals surface area contributed by atoms with Gasteiger partial charge in [-0.1, -0.05) is 109 Å². The van der Waals surface area contributed by atoms with E-state index in [-0.39, 0.29) is 37.0 Å². The van der Waals surface area contributed by atoms with Crippen molar-refractivity contribution in [1.82, 2.24) is 16.0 Å². The van der Waals surface area contributed by atoms with Crippen LogP contribution in [0.3, 0.4) is 0 Å². The molecule has 1 aliphatic rings. The van der Waals surface area contributed by atoms with Crippen LogP contribution in [0.2, 0.25) is 0 Å². The molecule has 1 unspecified atom stereocenters. The van der Waals surface area contributed by atoms with Crippen molar-refractivity contribution >= 4 is 34.5 Å². The molecule has 0 radical (unpaired) electrons. The summed E-state index contributed by atoms with van der Waals surface area (Å²) in [4.78, 5) is 51.4. The van der Waals surface area contributed by atoms with E-state index in [1.807, 2.05) is 70.2 Å². The molecule has 3 rings (SSSR count). The summed E-state index contributed by atoms with van der Waals surface area (Å²) in [7, 11) is 0. The van der Waals surface area contributed by atoms with Crippen molar-refractivity contribution in [3.05, 3.63) is 48.0 Å². The quantitative estimate of drug-likeness (QED) is 0.138. The largest absolute Gasteiger partial charge is 0.481 e. The molecular formula is C37H55N3O7. The maximum Gasteiger partial charge on any atom is 0.303 e. The summed E-state index contributed by atoms with van der Waals surface area (Å²) in [6.45, 7) is 7.67. The van der Waals surface area contributed by atoms with Crippen LogP contribution in [0.4, 0.5) is 0 Å². The van der Waals surface area contributed by atoms with Crippen LogP contribution in [0.1, 0.15) is 97.5 Å². The first-order chi connectivity index (χ1) is 22.4. The molecule has 6 atom stereocenters. The molecule has 1 fully saturated rings. The number of carboxylic acid groups (broad SMARTS) is 1. The van der Waals surface area contributed by atoms with Gasteiger partial charge in [0.15, 0.2) is 0 Å². The van der Waals surface area contributed by atoms with E-state index < -0.39 is 54.0 Å². The molecule has 0 spiro atoms. The Kier molecular flexibility index (Phi) is 15.1. The number of benzene rings is 2. The van der Waals surface area contributed by atoms with Crippen LogP contribution in [-0.2, 0) is 25.6 Å². The molecule has 0 saturated heterocycles. The van der Waals surface area contributed by atoms with Gasteiger partial charge in [-0.25, -0.2) is 0 Å². The number of carbonyl (C=O) groups is 4. The Balaban J connectivity index is 1.83. The molecule has 10 heteroatoms. The van der Waals surface area contributed by atoms with Gasteiger partial charge in [-0.2, -0.15) is 0 Å². The third-order valence-corrected chi connectivity index (χ3v) is 9.42. The van der Waals surface area contributed by atoms with E-state index in [4.69, 9.17) is 5.11 Å². The van der Waals surface area contributed by atoms with Gasteiger partial charge < -0.3 is 31.3 Å². The number of carboxylic acids is 1. The van der Waals surface area contributed by atoms with Gasteiger partial charge in [-0.15, -0.1) is 0 Å². The van der Waals surface area contributed by atoms with Gasteiger partial charge in [0, 0.05) is 6.42 Å². The predicted molar refractivity (Wildman–Crippen MR) is 182 cm³/mol. The van der Waals surface area contributed by atoms with E-state index in [9.17, 15) is 29.4 Å². The van der Waals surface area contributed by atoms with Gasteiger partial charge >= 0.3 is 5.97 Å². The Morgan fingerprint density at radius 3 is 2.17 bits per heavy atom. The summed E-state index contributed by atoms with van der Waals surface area (Å²) in [5.74, 6) is -2.52. The van der Waals surface area contributed by atoms with E-state index in [0.717, 1.165) is 48.4 Å². The van der Waals surface area contributed by atoms with Crippen LogP contribution in [0.5, 0.6) is 0 Å². The molecule has 260 valence electrons. The second-order valence-corrected chi connectivity index (χ2v) is 13.8. The van der Waals surface area contributed by atoms with Gasteiger partial charge in [0.25, 0.3) is 0 Å². The topological polar surface area (TPSA) is 165 Å². The lowest BCUT2D eigenvalue weighted by molar-refractivity contribution is -0.139. The van der Waals surface area contributed by atoms with E-state index in [1.54, 1.807) is 0 Å². The van der Waals surface area contributed by atoms with E-state index in [1.165, 1.54) is 0 Å². The fraction of sp³-hybridized carbons (Fsp3) is 0.622. The zero-order valence-electron chi connectivity index (χ0n) is 28.4. The normalized spacial score (nSPS) is 17.7. The summed E-state index contributed by atoms with van der Waals surface area (Å²) >= 11 is 0. The molecule has 6 N–H and O–H groups in total. The molecule has 0 heterocycles. The van der Waals surface area contributed by atoms with Crippen molar-refractivity contribution in [2.75, 3.05) is 0 Å². The second-order valence-electron chi connectivity index (χ2n) is 13.8. The van der Waals surface area contributed by atoms with Gasteiger partial charge in [-0.05, 0) is 53.4 Å². The van der Waals surface area contributed by atoms with Crippen LogP contribution < -0.4 is 16.0 Å². The zero-order chi connectivity index (χ0) is 34.5. The first kappa shape index (κ1) is 38.0. The molecule has 10 nitrogen and oxygen atoms in total. The highest BCUT2D eigenvalue weighted by Crippen LogP contribution is 2.28. The number of carbonyl (C=O) groups excluding carboxylic acids is 3. The highest BCUT2D eigenvalue weighted by Gasteiger charge is 2.35. The first-order valence-electron chi connectivity index (χ1n) is 17.3. The summed E-state index contributed by atoms with van der Waals surface area (Å²) in [6, 6.07) is 11.1. The fourth-order valence-electron chi connectivity index (χ4n) is 6.47. The molecule has 1 saturated carbocycles. The van der Waals surface area contributed by atoms with Crippen LogP contribution >= 0.6 is 0 Å². The van der Waals surface area contributed by atoms with E-state index in [2.05, 4.69) is 16.0 Å². The van der Waals surface area contributed by atoms with Crippen molar-refractivity contribution in [2.45, 2.75) is 129 Å². The van der Waals surface area contributed by atoms with Crippen molar-refractivity contribution < 1.29 is 34.5 Å². The van der Waals surface area contributed by atoms with Crippen LogP contribution in [-0.4, -0.2) is 69.3 Å². The average molecular weight is 654 g/mol. The first-order valence-corrected chi connectivity index (χ1v) is 17.3. The number of aliphatic hydroxyl groups excluding tert-OH is 2. The fourth-order valence-corrected chi connectivity index (χ4v) is 6.47. The Morgan fingerprint density at radius 2 is 1.53 bits per heavy atom. The molecular weight excluding hydrogens is 598 g/mol. The van der Waals surface area contributed by atoms with E-state index >= 15 is 0 Å². The number of aliphatic hydroxyl groups is 2. The highest BCUT2D eigenvalue weighted by molar-refractivity contribution is 5.92. The lowest BCUT2D eigenvalue weighted by atomic mass is 9.84. The number of aliphatic carboxylic acids is 1. The third kappa shape index (κ3) is 12.2. The molecule has 0 bridgehead atoms. The summed E-state index contributed by atoms with van der Waals surface area (Å²) in [6.07, 6.45) is 3.79. The smallest absolute Gasteiger partial charge is 0.303 e. The van der Waals surface area contributed by atoms with E-state index in [0.29, 0.717) is 19.3 Å². The number of fused-ring (bicyclic) bond motifs is 1. The maximum atomic E-state index is 14.0. The Morgan fingerprint density at radius 1 is 0.851 bits per heavy atom. The monoisotopic (exact) mass is 653 g/mol. The van der Waals surface area contributed by atoms with Crippen molar-refractivity contribution in [2.24, 2.45) is 17.8 Å². The molecule has 1 aliphatic carbocycles. The van der Waals surface area contributed by atoms with Crippen LogP contribution in [0.15, 0.2) is 42.5 Å². The Hall–Kier alpha value is -3.50. The Bertz CT molecular complexity index is 1330. The maximum absolute atomic E-state index is 14.0. The molecule has 3 amide bonds. The second kappa shape index (κ2) is 18.7. The van der Waals surface area contributed by atoms with Gasteiger partial charge in [0.1, 0.15) is 18.2 Å². The molecule has 0 aliphatic heterocycles. The van der Waals surface area contributed by atoms with Crippen molar-refractivity contribution in [3.8, 4) is 0 Å². The van der Waals surface area contributed by atoms with Gasteiger partial charge in [0.05, 0.1) is 18.6 Å². The summed E-state index contributed by atoms with van der Waals surface area (Å²) in [5.41, 5.74) is 0.880. The summed E-state index contributed by atoms with van der Waals surface area (Å²) < 4.78 is 0. The highest BCUT2D eigenvalue weighted by atomic mass is 16.4. The summed E-state index contributed by atoms with van der Waals surface area (Å²) in [5, 5.41) is 41.9. The SMILES string of the molecule is CCC(C)[C@H](NC(=O)[C@H](CC1CCCCC1)NC(=O)CCC(=O)O)C(=O)N[C@@H](Cc1ccc2ccccc2c1)[C@@H](O)[C@@H](O)CC(C)C. The van der Waals surface area contributed by atoms with Gasteiger partial charge in [-0.3, -0.25) is 19.2 Å². The number of hydrogen-bond donors (Lipinski definition) is 6. The molecule has 2 aromatic rings. The third-order valence-electron chi connectivity index (χ3n) is 9.42. The van der Waals surface area contributed by atoms with Crippen LogP contribution in [0.25, 0.3) is 10.8 Å². The van der Waals surface area contributed by atoms with Gasteiger partial charge in [0.2, 0.25) is 17.7 Å². The minimum atomic E-state index is -1.26.